The molecule has 0 aliphatic heterocycles. The fraction of sp³-hybridized carbons (Fsp3) is 0.722. The minimum Gasteiger partial charge on any atom is -0.356 e. The molecule has 5 heteroatoms. The van der Waals surface area contributed by atoms with Gasteiger partial charge in [0, 0.05) is 38.8 Å². The van der Waals surface area contributed by atoms with E-state index in [9.17, 15) is 0 Å². The number of nitrogens with one attached hydrogen (secondary N) is 2. The first-order valence-corrected chi connectivity index (χ1v) is 9.62. The van der Waals surface area contributed by atoms with Crippen LogP contribution in [-0.2, 0) is 0 Å². The molecule has 0 saturated carbocycles. The van der Waals surface area contributed by atoms with E-state index in [1.807, 2.05) is 7.05 Å². The zero-order valence-corrected chi connectivity index (χ0v) is 16.4. The Morgan fingerprint density at radius 3 is 2.39 bits per heavy atom. The molecule has 0 amide bonds. The normalized spacial score (nSPS) is 13.9. The molecule has 23 heavy (non-hydrogen) atoms. The van der Waals surface area contributed by atoms with Gasteiger partial charge in [-0.1, -0.05) is 6.92 Å². The summed E-state index contributed by atoms with van der Waals surface area (Å²) in [4.78, 5) is 6.84. The lowest BCUT2D eigenvalue weighted by atomic mass is 10.1. The van der Waals surface area contributed by atoms with Crippen molar-refractivity contribution in [2.75, 3.05) is 26.7 Å². The second-order valence-corrected chi connectivity index (χ2v) is 7.40. The number of aliphatic imine (C=N–C) groups is 1. The van der Waals surface area contributed by atoms with Crippen LogP contribution >= 0.6 is 11.3 Å². The third-order valence-corrected chi connectivity index (χ3v) is 4.83. The molecule has 0 radical (unpaired) electrons. The molecule has 2 N–H and O–H groups in total. The molecular weight excluding hydrogens is 304 g/mol. The highest BCUT2D eigenvalue weighted by Gasteiger charge is 2.12. The first kappa shape index (κ1) is 20.0. The van der Waals surface area contributed by atoms with Crippen molar-refractivity contribution in [3.8, 4) is 0 Å². The van der Waals surface area contributed by atoms with Crippen molar-refractivity contribution in [1.29, 1.82) is 0 Å². The van der Waals surface area contributed by atoms with E-state index < -0.39 is 0 Å². The van der Waals surface area contributed by atoms with Crippen molar-refractivity contribution in [1.82, 2.24) is 15.5 Å². The van der Waals surface area contributed by atoms with Crippen LogP contribution in [0.15, 0.2) is 21.8 Å². The molecule has 4 nitrogen and oxygen atoms in total. The fourth-order valence-corrected chi connectivity index (χ4v) is 3.51. The average Bonchev–Trinajstić information content (AvgIpc) is 3.03. The van der Waals surface area contributed by atoms with Crippen LogP contribution in [0, 0.1) is 0 Å². The van der Waals surface area contributed by atoms with E-state index in [1.54, 1.807) is 11.3 Å². The van der Waals surface area contributed by atoms with Crippen molar-refractivity contribution >= 4 is 17.3 Å². The van der Waals surface area contributed by atoms with Gasteiger partial charge in [0.2, 0.25) is 0 Å². The topological polar surface area (TPSA) is 39.7 Å². The van der Waals surface area contributed by atoms with E-state index in [2.05, 4.69) is 72.0 Å². The SMILES string of the molecule is CN=C(NCCCN(C(C)C)C(C)C)NCC(C)c1ccsc1. The van der Waals surface area contributed by atoms with Crippen LogP contribution in [0.3, 0.4) is 0 Å². The molecule has 1 heterocycles. The summed E-state index contributed by atoms with van der Waals surface area (Å²) in [5, 5.41) is 11.2. The first-order valence-electron chi connectivity index (χ1n) is 8.68. The number of rotatable bonds is 9. The second-order valence-electron chi connectivity index (χ2n) is 6.62. The first-order chi connectivity index (χ1) is 11.0. The molecule has 0 aromatic carbocycles. The van der Waals surface area contributed by atoms with Gasteiger partial charge in [-0.3, -0.25) is 9.89 Å². The van der Waals surface area contributed by atoms with E-state index in [0.29, 0.717) is 18.0 Å². The van der Waals surface area contributed by atoms with Crippen LogP contribution < -0.4 is 10.6 Å². The predicted molar refractivity (Wildman–Crippen MR) is 104 cm³/mol. The lowest BCUT2D eigenvalue weighted by Gasteiger charge is -2.30. The molecule has 0 saturated heterocycles. The van der Waals surface area contributed by atoms with Crippen molar-refractivity contribution in [3.05, 3.63) is 22.4 Å². The molecule has 1 unspecified atom stereocenters. The average molecular weight is 339 g/mol. The lowest BCUT2D eigenvalue weighted by Crippen LogP contribution is -2.42. The van der Waals surface area contributed by atoms with Gasteiger partial charge in [-0.05, 0) is 62.4 Å². The number of thiophene rings is 1. The molecule has 0 fully saturated rings. The van der Waals surface area contributed by atoms with E-state index in [-0.39, 0.29) is 0 Å². The van der Waals surface area contributed by atoms with E-state index in [1.165, 1.54) is 5.56 Å². The largest absolute Gasteiger partial charge is 0.356 e. The monoisotopic (exact) mass is 338 g/mol. The fourth-order valence-electron chi connectivity index (χ4n) is 2.72. The molecule has 1 aromatic rings. The van der Waals surface area contributed by atoms with E-state index >= 15 is 0 Å². The van der Waals surface area contributed by atoms with E-state index in [0.717, 1.165) is 32.0 Å². The van der Waals surface area contributed by atoms with Gasteiger partial charge in [0.1, 0.15) is 0 Å². The molecule has 1 aromatic heterocycles. The smallest absolute Gasteiger partial charge is 0.190 e. The number of hydrogen-bond donors (Lipinski definition) is 2. The zero-order chi connectivity index (χ0) is 17.2. The standard InChI is InChI=1S/C18H34N4S/c1-14(2)22(15(3)4)10-7-9-20-18(19-6)21-12-16(5)17-8-11-23-13-17/h8,11,13-16H,7,9-10,12H2,1-6H3,(H2,19,20,21). The summed E-state index contributed by atoms with van der Waals surface area (Å²) >= 11 is 1.75. The Morgan fingerprint density at radius 2 is 1.87 bits per heavy atom. The predicted octanol–water partition coefficient (Wildman–Crippen LogP) is 3.53. The molecule has 0 aliphatic carbocycles. The number of guanidine groups is 1. The summed E-state index contributed by atoms with van der Waals surface area (Å²) < 4.78 is 0. The molecule has 0 bridgehead atoms. The van der Waals surface area contributed by atoms with Gasteiger partial charge in [0.05, 0.1) is 0 Å². The third-order valence-electron chi connectivity index (χ3n) is 4.12. The van der Waals surface area contributed by atoms with Gasteiger partial charge in [-0.25, -0.2) is 0 Å². The van der Waals surface area contributed by atoms with Gasteiger partial charge >= 0.3 is 0 Å². The van der Waals surface area contributed by atoms with Crippen LogP contribution in [0.5, 0.6) is 0 Å². The van der Waals surface area contributed by atoms with Gasteiger partial charge < -0.3 is 10.6 Å². The highest BCUT2D eigenvalue weighted by atomic mass is 32.1. The Morgan fingerprint density at radius 1 is 1.17 bits per heavy atom. The maximum Gasteiger partial charge on any atom is 0.190 e. The quantitative estimate of drug-likeness (QED) is 0.411. The Labute approximate surface area is 146 Å². The molecule has 0 spiro atoms. The summed E-state index contributed by atoms with van der Waals surface area (Å²) in [5.74, 6) is 1.39. The van der Waals surface area contributed by atoms with Crippen molar-refractivity contribution in [2.24, 2.45) is 4.99 Å². The van der Waals surface area contributed by atoms with Crippen molar-refractivity contribution in [3.63, 3.8) is 0 Å². The summed E-state index contributed by atoms with van der Waals surface area (Å²) in [6.45, 7) is 14.3. The molecule has 1 rings (SSSR count). The molecular formula is C18H34N4S. The van der Waals surface area contributed by atoms with Gasteiger partial charge in [0.15, 0.2) is 5.96 Å². The maximum absolute atomic E-state index is 4.31. The number of hydrogen-bond acceptors (Lipinski definition) is 3. The van der Waals surface area contributed by atoms with Crippen molar-refractivity contribution < 1.29 is 0 Å². The summed E-state index contributed by atoms with van der Waals surface area (Å²) in [6.07, 6.45) is 1.12. The summed E-state index contributed by atoms with van der Waals surface area (Å²) in [5.41, 5.74) is 1.39. The van der Waals surface area contributed by atoms with Crippen LogP contribution in [-0.4, -0.2) is 49.6 Å². The third kappa shape index (κ3) is 7.36. The molecule has 132 valence electrons. The number of nitrogens with zero attached hydrogens (tertiary/aromatic N) is 2. The molecule has 1 atom stereocenters. The van der Waals surface area contributed by atoms with E-state index in [4.69, 9.17) is 0 Å². The van der Waals surface area contributed by atoms with Crippen molar-refractivity contribution in [2.45, 2.75) is 59.0 Å². The maximum atomic E-state index is 4.31. The summed E-state index contributed by atoms with van der Waals surface area (Å²) in [7, 11) is 1.83. The second kappa shape index (κ2) is 10.7. The van der Waals surface area contributed by atoms with Gasteiger partial charge in [-0.2, -0.15) is 11.3 Å². The minimum absolute atomic E-state index is 0.497. The minimum atomic E-state index is 0.497. The Hall–Kier alpha value is -1.07. The summed E-state index contributed by atoms with van der Waals surface area (Å²) in [6, 6.07) is 3.39. The highest BCUT2D eigenvalue weighted by molar-refractivity contribution is 7.07. The Kier molecular flexibility index (Phi) is 9.26. The van der Waals surface area contributed by atoms with Crippen LogP contribution in [0.2, 0.25) is 0 Å². The van der Waals surface area contributed by atoms with Gasteiger partial charge in [0.25, 0.3) is 0 Å². The van der Waals surface area contributed by atoms with Crippen LogP contribution in [0.1, 0.15) is 52.5 Å². The highest BCUT2D eigenvalue weighted by Crippen LogP contribution is 2.16. The Bertz CT molecular complexity index is 432. The molecule has 0 aliphatic rings. The zero-order valence-electron chi connectivity index (χ0n) is 15.6. The Balaban J connectivity index is 2.26. The van der Waals surface area contributed by atoms with Gasteiger partial charge in [-0.15, -0.1) is 0 Å². The van der Waals surface area contributed by atoms with Crippen LogP contribution in [0.25, 0.3) is 0 Å². The lowest BCUT2D eigenvalue weighted by molar-refractivity contribution is 0.173. The van der Waals surface area contributed by atoms with Crippen LogP contribution in [0.4, 0.5) is 0 Å².